The van der Waals surface area contributed by atoms with Gasteiger partial charge in [-0.2, -0.15) is 13.2 Å². The van der Waals surface area contributed by atoms with Gasteiger partial charge in [0.15, 0.2) is 0 Å². The van der Waals surface area contributed by atoms with Crippen molar-refractivity contribution >= 4 is 15.9 Å². The van der Waals surface area contributed by atoms with E-state index in [0.29, 0.717) is 10.0 Å². The number of benzene rings is 1. The molecule has 0 aliphatic heterocycles. The first-order valence-corrected chi connectivity index (χ1v) is 6.10. The maximum Gasteiger partial charge on any atom is 0.389 e. The molecule has 0 fully saturated rings. The van der Waals surface area contributed by atoms with Gasteiger partial charge < -0.3 is 0 Å². The van der Waals surface area contributed by atoms with Gasteiger partial charge in [-0.3, -0.25) is 11.3 Å². The van der Waals surface area contributed by atoms with Crippen LogP contribution in [0.25, 0.3) is 0 Å². The van der Waals surface area contributed by atoms with E-state index in [0.717, 1.165) is 0 Å². The first-order chi connectivity index (χ1) is 8.33. The topological polar surface area (TPSA) is 38.0 Å². The van der Waals surface area contributed by atoms with Crippen LogP contribution in [0.3, 0.4) is 0 Å². The van der Waals surface area contributed by atoms with E-state index in [2.05, 4.69) is 21.4 Å². The lowest BCUT2D eigenvalue weighted by molar-refractivity contribution is -0.135. The van der Waals surface area contributed by atoms with Crippen LogP contribution in [-0.2, 0) is 0 Å². The van der Waals surface area contributed by atoms with Crippen molar-refractivity contribution in [2.75, 3.05) is 0 Å². The first-order valence-electron chi connectivity index (χ1n) is 5.31. The van der Waals surface area contributed by atoms with Gasteiger partial charge in [-0.05, 0) is 30.5 Å². The summed E-state index contributed by atoms with van der Waals surface area (Å²) < 4.78 is 49.5. The zero-order chi connectivity index (χ0) is 13.8. The molecule has 0 amide bonds. The Bertz CT molecular complexity index is 395. The molecular weight excluding hydrogens is 316 g/mol. The minimum absolute atomic E-state index is 0.0395. The van der Waals surface area contributed by atoms with E-state index < -0.39 is 24.5 Å². The average Bonchev–Trinajstić information content (AvgIpc) is 2.24. The van der Waals surface area contributed by atoms with Crippen LogP contribution in [0.15, 0.2) is 22.7 Å². The summed E-state index contributed by atoms with van der Waals surface area (Å²) >= 11 is 3.16. The predicted octanol–water partition coefficient (Wildman–Crippen LogP) is 3.83. The Hall–Kier alpha value is -0.660. The molecule has 0 bridgehead atoms. The van der Waals surface area contributed by atoms with Gasteiger partial charge in [0.25, 0.3) is 0 Å². The van der Waals surface area contributed by atoms with Crippen molar-refractivity contribution in [1.82, 2.24) is 5.43 Å². The van der Waals surface area contributed by atoms with E-state index >= 15 is 0 Å². The number of hydrazine groups is 1. The van der Waals surface area contributed by atoms with Crippen LogP contribution in [0.5, 0.6) is 0 Å². The summed E-state index contributed by atoms with van der Waals surface area (Å²) in [6.45, 7) is 0. The van der Waals surface area contributed by atoms with Crippen molar-refractivity contribution in [2.45, 2.75) is 31.5 Å². The molecule has 0 radical (unpaired) electrons. The van der Waals surface area contributed by atoms with Crippen LogP contribution in [0.2, 0.25) is 0 Å². The number of alkyl halides is 3. The van der Waals surface area contributed by atoms with E-state index in [9.17, 15) is 17.6 Å². The average molecular weight is 329 g/mol. The van der Waals surface area contributed by atoms with Crippen LogP contribution < -0.4 is 11.3 Å². The van der Waals surface area contributed by atoms with Gasteiger partial charge in [0.05, 0.1) is 0 Å². The van der Waals surface area contributed by atoms with Gasteiger partial charge >= 0.3 is 6.18 Å². The zero-order valence-electron chi connectivity index (χ0n) is 9.40. The standard InChI is InChI=1S/C11H13BrF4N2/c12-9-6-7(13)3-4-8(9)10(18-17)2-1-5-11(14,15)16/h3-4,6,10,18H,1-2,5,17H2. The lowest BCUT2D eigenvalue weighted by Gasteiger charge is -2.18. The van der Waals surface area contributed by atoms with E-state index in [-0.39, 0.29) is 12.8 Å². The normalized spacial score (nSPS) is 13.7. The molecule has 1 aromatic carbocycles. The van der Waals surface area contributed by atoms with Gasteiger partial charge in [0.1, 0.15) is 5.82 Å². The Balaban J connectivity index is 2.66. The molecule has 0 aliphatic carbocycles. The van der Waals surface area contributed by atoms with Crippen LogP contribution in [0.4, 0.5) is 17.6 Å². The quantitative estimate of drug-likeness (QED) is 0.490. The molecule has 1 rings (SSSR count). The summed E-state index contributed by atoms with van der Waals surface area (Å²) in [7, 11) is 0. The number of hydrogen-bond acceptors (Lipinski definition) is 2. The zero-order valence-corrected chi connectivity index (χ0v) is 11.0. The highest BCUT2D eigenvalue weighted by atomic mass is 79.9. The maximum absolute atomic E-state index is 12.9. The number of nitrogens with two attached hydrogens (primary N) is 1. The Morgan fingerprint density at radius 1 is 1.33 bits per heavy atom. The lowest BCUT2D eigenvalue weighted by Crippen LogP contribution is -2.28. The molecule has 0 heterocycles. The summed E-state index contributed by atoms with van der Waals surface area (Å²) in [5.41, 5.74) is 3.08. The molecule has 1 atom stereocenters. The number of hydrogen-bond donors (Lipinski definition) is 2. The van der Waals surface area contributed by atoms with Crippen LogP contribution in [0, 0.1) is 5.82 Å². The van der Waals surface area contributed by atoms with Crippen molar-refractivity contribution in [1.29, 1.82) is 0 Å². The predicted molar refractivity (Wildman–Crippen MR) is 64.1 cm³/mol. The summed E-state index contributed by atoms with van der Waals surface area (Å²) in [6, 6.07) is 3.55. The Kier molecular flexibility index (Phi) is 5.55. The molecule has 18 heavy (non-hydrogen) atoms. The van der Waals surface area contributed by atoms with E-state index in [1.54, 1.807) is 0 Å². The summed E-state index contributed by atoms with van der Waals surface area (Å²) in [6.07, 6.45) is -4.84. The van der Waals surface area contributed by atoms with Crippen molar-refractivity contribution < 1.29 is 17.6 Å². The smallest absolute Gasteiger partial charge is 0.271 e. The minimum atomic E-state index is -4.17. The van der Waals surface area contributed by atoms with Crippen molar-refractivity contribution in [2.24, 2.45) is 5.84 Å². The largest absolute Gasteiger partial charge is 0.389 e. The third-order valence-electron chi connectivity index (χ3n) is 2.49. The molecule has 3 N–H and O–H groups in total. The molecule has 0 saturated carbocycles. The molecular formula is C11H13BrF4N2. The minimum Gasteiger partial charge on any atom is -0.271 e. The molecule has 1 aromatic rings. The third kappa shape index (κ3) is 4.91. The molecule has 0 aliphatic rings. The fourth-order valence-electron chi connectivity index (χ4n) is 1.62. The molecule has 0 spiro atoms. The van der Waals surface area contributed by atoms with Crippen molar-refractivity contribution in [3.05, 3.63) is 34.1 Å². The van der Waals surface area contributed by atoms with Crippen LogP contribution >= 0.6 is 15.9 Å². The maximum atomic E-state index is 12.9. The first kappa shape index (κ1) is 15.4. The SMILES string of the molecule is NNC(CCCC(F)(F)F)c1ccc(F)cc1Br. The van der Waals surface area contributed by atoms with E-state index in [1.807, 2.05) is 0 Å². The second kappa shape index (κ2) is 6.49. The molecule has 0 saturated heterocycles. The number of nitrogens with one attached hydrogen (secondary N) is 1. The second-order valence-electron chi connectivity index (χ2n) is 3.89. The van der Waals surface area contributed by atoms with Gasteiger partial charge in [-0.1, -0.05) is 22.0 Å². The second-order valence-corrected chi connectivity index (χ2v) is 4.75. The summed E-state index contributed by atoms with van der Waals surface area (Å²) in [5, 5.41) is 0. The Morgan fingerprint density at radius 3 is 2.50 bits per heavy atom. The molecule has 1 unspecified atom stereocenters. The van der Waals surface area contributed by atoms with E-state index in [1.165, 1.54) is 18.2 Å². The Labute approximate surface area is 111 Å². The number of halogens is 5. The fraction of sp³-hybridized carbons (Fsp3) is 0.455. The number of rotatable bonds is 5. The van der Waals surface area contributed by atoms with Crippen molar-refractivity contribution in [3.63, 3.8) is 0 Å². The lowest BCUT2D eigenvalue weighted by atomic mass is 10.0. The van der Waals surface area contributed by atoms with Crippen LogP contribution in [-0.4, -0.2) is 6.18 Å². The third-order valence-corrected chi connectivity index (χ3v) is 3.18. The molecule has 7 heteroatoms. The van der Waals surface area contributed by atoms with Gasteiger partial charge in [0.2, 0.25) is 0 Å². The highest BCUT2D eigenvalue weighted by molar-refractivity contribution is 9.10. The Morgan fingerprint density at radius 2 is 2.00 bits per heavy atom. The summed E-state index contributed by atoms with van der Waals surface area (Å²) in [5.74, 6) is 4.90. The highest BCUT2D eigenvalue weighted by Crippen LogP contribution is 2.29. The highest BCUT2D eigenvalue weighted by Gasteiger charge is 2.27. The van der Waals surface area contributed by atoms with E-state index in [4.69, 9.17) is 5.84 Å². The molecule has 0 aromatic heterocycles. The molecule has 2 nitrogen and oxygen atoms in total. The van der Waals surface area contributed by atoms with Gasteiger partial charge in [-0.25, -0.2) is 4.39 Å². The molecule has 102 valence electrons. The van der Waals surface area contributed by atoms with Crippen LogP contribution in [0.1, 0.15) is 30.9 Å². The van der Waals surface area contributed by atoms with Gasteiger partial charge in [0, 0.05) is 16.9 Å². The summed E-state index contributed by atoms with van der Waals surface area (Å²) in [4.78, 5) is 0. The monoisotopic (exact) mass is 328 g/mol. The fourth-order valence-corrected chi connectivity index (χ4v) is 2.25. The van der Waals surface area contributed by atoms with Gasteiger partial charge in [-0.15, -0.1) is 0 Å². The van der Waals surface area contributed by atoms with Crippen molar-refractivity contribution in [3.8, 4) is 0 Å².